The molecular weight excluding hydrogens is 433 g/mol. The number of ether oxygens (including phenoxy) is 1. The van der Waals surface area contributed by atoms with Crippen molar-refractivity contribution in [3.8, 4) is 0 Å². The molecule has 1 atom stereocenters. The number of carbonyl (C=O) groups is 1. The highest BCUT2D eigenvalue weighted by atomic mass is 35.5. The molecule has 6 nitrogen and oxygen atoms in total. The van der Waals surface area contributed by atoms with E-state index >= 15 is 0 Å². The quantitative estimate of drug-likeness (QED) is 0.675. The molecule has 1 aliphatic rings. The van der Waals surface area contributed by atoms with Crippen LogP contribution in [0.5, 0.6) is 0 Å². The first kappa shape index (κ1) is 23.3. The van der Waals surface area contributed by atoms with Crippen LogP contribution < -0.4 is 5.32 Å². The first-order chi connectivity index (χ1) is 14.7. The molecule has 3 rings (SSSR count). The molecule has 0 aliphatic carbocycles. The van der Waals surface area contributed by atoms with E-state index in [4.69, 9.17) is 16.3 Å². The summed E-state index contributed by atoms with van der Waals surface area (Å²) in [6.45, 7) is 4.36. The zero-order valence-corrected chi connectivity index (χ0v) is 18.0. The van der Waals surface area contributed by atoms with Crippen molar-refractivity contribution >= 4 is 23.6 Å². The molecule has 1 N–H and O–H groups in total. The molecule has 10 heteroatoms. The summed E-state index contributed by atoms with van der Waals surface area (Å²) in [4.78, 5) is 14.5. The Kier molecular flexibility index (Phi) is 7.40. The van der Waals surface area contributed by atoms with E-state index in [2.05, 4.69) is 15.3 Å². The highest BCUT2D eigenvalue weighted by Gasteiger charge is 2.31. The topological polar surface area (TPSA) is 59.4 Å². The largest absolute Gasteiger partial charge is 0.416 e. The number of hydrogen-bond acceptors (Lipinski definition) is 4. The van der Waals surface area contributed by atoms with Gasteiger partial charge in [-0.15, -0.1) is 0 Å². The molecule has 1 saturated heterocycles. The van der Waals surface area contributed by atoms with Gasteiger partial charge in [0, 0.05) is 38.3 Å². The fourth-order valence-corrected chi connectivity index (χ4v) is 3.73. The third-order valence-corrected chi connectivity index (χ3v) is 5.62. The van der Waals surface area contributed by atoms with Crippen molar-refractivity contribution in [1.82, 2.24) is 20.0 Å². The van der Waals surface area contributed by atoms with Crippen LogP contribution in [0.1, 0.15) is 28.4 Å². The van der Waals surface area contributed by atoms with Crippen molar-refractivity contribution in [1.29, 1.82) is 0 Å². The van der Waals surface area contributed by atoms with Gasteiger partial charge in [0.15, 0.2) is 0 Å². The number of rotatable bonds is 6. The predicted octanol–water partition coefficient (Wildman–Crippen LogP) is 3.60. The van der Waals surface area contributed by atoms with Gasteiger partial charge >= 0.3 is 6.18 Å². The van der Waals surface area contributed by atoms with E-state index in [1.54, 1.807) is 20.0 Å². The Morgan fingerprint density at radius 2 is 1.94 bits per heavy atom. The first-order valence-corrected chi connectivity index (χ1v) is 10.2. The third kappa shape index (κ3) is 5.87. The number of amides is 1. The predicted molar refractivity (Wildman–Crippen MR) is 112 cm³/mol. The second-order valence-electron chi connectivity index (χ2n) is 7.28. The maximum absolute atomic E-state index is 12.9. The monoisotopic (exact) mass is 456 g/mol. The lowest BCUT2D eigenvalue weighted by molar-refractivity contribution is -0.137. The summed E-state index contributed by atoms with van der Waals surface area (Å²) in [5.74, 6) is -0.329. The van der Waals surface area contributed by atoms with Gasteiger partial charge in [0.2, 0.25) is 5.91 Å². The van der Waals surface area contributed by atoms with Gasteiger partial charge in [-0.3, -0.25) is 14.4 Å². The Morgan fingerprint density at radius 3 is 2.48 bits per heavy atom. The van der Waals surface area contributed by atoms with Gasteiger partial charge in [0.1, 0.15) is 5.15 Å². The van der Waals surface area contributed by atoms with Crippen molar-refractivity contribution in [2.45, 2.75) is 19.1 Å². The summed E-state index contributed by atoms with van der Waals surface area (Å²) >= 11 is 6.17. The average Bonchev–Trinajstić information content (AvgIpc) is 2.98. The molecule has 0 saturated carbocycles. The fourth-order valence-electron chi connectivity index (χ4n) is 3.49. The number of aromatic nitrogens is 2. The van der Waals surface area contributed by atoms with Crippen LogP contribution in [0.4, 0.5) is 13.2 Å². The number of hydrogen-bond donors (Lipinski definition) is 1. The number of nitrogens with zero attached hydrogens (tertiary/aromatic N) is 3. The number of halogens is 4. The number of aryl methyl sites for hydroxylation is 2. The number of carbonyl (C=O) groups excluding carboxylic acids is 1. The standard InChI is InChI=1S/C21H24ClF3N4O2/c1-14-17(20(22)28(2)27-14)7-8-19(30)26-13-18(29-9-11-31-12-10-29)15-3-5-16(6-4-15)21(23,24)25/h3-8,18H,9-13H2,1-2H3,(H,26,30). The second-order valence-corrected chi connectivity index (χ2v) is 7.63. The van der Waals surface area contributed by atoms with E-state index in [0.29, 0.717) is 48.3 Å². The molecule has 0 radical (unpaired) electrons. The van der Waals surface area contributed by atoms with E-state index in [1.165, 1.54) is 22.9 Å². The van der Waals surface area contributed by atoms with Gasteiger partial charge in [0.25, 0.3) is 0 Å². The maximum atomic E-state index is 12.9. The van der Waals surface area contributed by atoms with Crippen LogP contribution in [0.2, 0.25) is 5.15 Å². The molecule has 1 amide bonds. The number of morpholine rings is 1. The Bertz CT molecular complexity index is 935. The van der Waals surface area contributed by atoms with Crippen LogP contribution in [0.25, 0.3) is 6.08 Å². The molecule has 1 aliphatic heterocycles. The van der Waals surface area contributed by atoms with E-state index < -0.39 is 11.7 Å². The number of benzene rings is 1. The van der Waals surface area contributed by atoms with Crippen LogP contribution in [0.3, 0.4) is 0 Å². The minimum Gasteiger partial charge on any atom is -0.379 e. The molecule has 1 fully saturated rings. The lowest BCUT2D eigenvalue weighted by Crippen LogP contribution is -2.43. The van der Waals surface area contributed by atoms with Crippen LogP contribution in [-0.2, 0) is 22.8 Å². The van der Waals surface area contributed by atoms with Crippen molar-refractivity contribution in [2.24, 2.45) is 7.05 Å². The van der Waals surface area contributed by atoms with Crippen molar-refractivity contribution < 1.29 is 22.7 Å². The first-order valence-electron chi connectivity index (χ1n) is 9.81. The smallest absolute Gasteiger partial charge is 0.379 e. The summed E-state index contributed by atoms with van der Waals surface area (Å²) in [5, 5.41) is 7.46. The van der Waals surface area contributed by atoms with Gasteiger partial charge in [0.05, 0.1) is 30.5 Å². The Balaban J connectivity index is 1.71. The molecule has 1 aromatic carbocycles. The summed E-state index contributed by atoms with van der Waals surface area (Å²) in [5.41, 5.74) is 1.36. The lowest BCUT2D eigenvalue weighted by Gasteiger charge is -2.35. The van der Waals surface area contributed by atoms with Gasteiger partial charge in [-0.25, -0.2) is 0 Å². The van der Waals surface area contributed by atoms with E-state index in [0.717, 1.165) is 12.1 Å². The molecule has 2 heterocycles. The Hall–Kier alpha value is -2.36. The zero-order chi connectivity index (χ0) is 22.6. The summed E-state index contributed by atoms with van der Waals surface area (Å²) in [6, 6.07) is 4.79. The normalized spacial score (nSPS) is 16.6. The molecule has 1 unspecified atom stereocenters. The van der Waals surface area contributed by atoms with Gasteiger partial charge in [-0.05, 0) is 30.7 Å². The molecular formula is C21H24ClF3N4O2. The molecule has 2 aromatic rings. The molecule has 168 valence electrons. The van der Waals surface area contributed by atoms with Crippen LogP contribution >= 0.6 is 11.6 Å². The number of alkyl halides is 3. The van der Waals surface area contributed by atoms with Crippen LogP contribution in [0, 0.1) is 6.92 Å². The fraction of sp³-hybridized carbons (Fsp3) is 0.429. The van der Waals surface area contributed by atoms with Gasteiger partial charge in [-0.1, -0.05) is 23.7 Å². The summed E-state index contributed by atoms with van der Waals surface area (Å²) in [6.07, 6.45) is -1.42. The van der Waals surface area contributed by atoms with Crippen molar-refractivity contribution in [3.63, 3.8) is 0 Å². The SMILES string of the molecule is Cc1nn(C)c(Cl)c1C=CC(=O)NCC(c1ccc(C(F)(F)F)cc1)N1CCOCC1. The third-order valence-electron chi connectivity index (χ3n) is 5.18. The highest BCUT2D eigenvalue weighted by molar-refractivity contribution is 6.31. The molecule has 31 heavy (non-hydrogen) atoms. The number of nitrogens with one attached hydrogen (secondary N) is 1. The second kappa shape index (κ2) is 9.84. The minimum absolute atomic E-state index is 0.244. The Labute approximate surface area is 183 Å². The minimum atomic E-state index is -4.39. The van der Waals surface area contributed by atoms with E-state index in [-0.39, 0.29) is 18.5 Å². The maximum Gasteiger partial charge on any atom is 0.416 e. The molecule has 0 spiro atoms. The van der Waals surface area contributed by atoms with Crippen molar-refractivity contribution in [2.75, 3.05) is 32.8 Å². The van der Waals surface area contributed by atoms with Crippen LogP contribution in [-0.4, -0.2) is 53.4 Å². The molecule has 0 bridgehead atoms. The van der Waals surface area contributed by atoms with E-state index in [9.17, 15) is 18.0 Å². The summed E-state index contributed by atoms with van der Waals surface area (Å²) < 4.78 is 45.6. The lowest BCUT2D eigenvalue weighted by atomic mass is 10.0. The van der Waals surface area contributed by atoms with Gasteiger partial charge in [-0.2, -0.15) is 18.3 Å². The van der Waals surface area contributed by atoms with Gasteiger partial charge < -0.3 is 10.1 Å². The zero-order valence-electron chi connectivity index (χ0n) is 17.2. The summed E-state index contributed by atoms with van der Waals surface area (Å²) in [7, 11) is 1.71. The Morgan fingerprint density at radius 1 is 1.29 bits per heavy atom. The average molecular weight is 457 g/mol. The highest BCUT2D eigenvalue weighted by Crippen LogP contribution is 2.31. The van der Waals surface area contributed by atoms with Crippen molar-refractivity contribution in [3.05, 3.63) is 57.9 Å². The van der Waals surface area contributed by atoms with E-state index in [1.807, 2.05) is 0 Å². The van der Waals surface area contributed by atoms with Crippen LogP contribution in [0.15, 0.2) is 30.3 Å². The molecule has 1 aromatic heterocycles.